The Morgan fingerprint density at radius 2 is 2.09 bits per heavy atom. The number of fused-ring (bicyclic) bond motifs is 3. The number of hydrogen-bond acceptors (Lipinski definition) is 7. The van der Waals surface area contributed by atoms with Crippen LogP contribution in [0.2, 0.25) is 0 Å². The second-order valence-corrected chi connectivity index (χ2v) is 10.5. The maximum absolute atomic E-state index is 12.6. The van der Waals surface area contributed by atoms with Crippen LogP contribution in [0.15, 0.2) is 23.0 Å². The number of ether oxygens (including phenoxy) is 2. The number of hydrogen-bond donors (Lipinski definition) is 2. The molecule has 1 atom stereocenters. The van der Waals surface area contributed by atoms with Gasteiger partial charge in [0.1, 0.15) is 10.7 Å². The summed E-state index contributed by atoms with van der Waals surface area (Å²) in [5, 5.41) is 3.77. The van der Waals surface area contributed by atoms with Crippen molar-refractivity contribution < 1.29 is 14.3 Å². The number of benzene rings is 1. The van der Waals surface area contributed by atoms with Crippen LogP contribution in [-0.2, 0) is 23.4 Å². The number of carbonyl (C=O) groups is 1. The molecule has 0 aliphatic heterocycles. The van der Waals surface area contributed by atoms with E-state index in [2.05, 4.69) is 15.3 Å². The number of H-pyrrole nitrogens is 1. The fourth-order valence-electron chi connectivity index (χ4n) is 4.03. The number of nitrogens with one attached hydrogen (secondary N) is 2. The van der Waals surface area contributed by atoms with Crippen LogP contribution in [0.1, 0.15) is 55.1 Å². The van der Waals surface area contributed by atoms with E-state index in [0.717, 1.165) is 35.0 Å². The first-order valence-corrected chi connectivity index (χ1v) is 13.1. The average Bonchev–Trinajstić information content (AvgIpc) is 3.34. The first kappa shape index (κ1) is 23.6. The highest BCUT2D eigenvalue weighted by Gasteiger charge is 2.21. The van der Waals surface area contributed by atoms with Crippen LogP contribution in [0, 0.1) is 0 Å². The van der Waals surface area contributed by atoms with E-state index in [1.807, 2.05) is 39.0 Å². The van der Waals surface area contributed by atoms with E-state index in [1.165, 1.54) is 22.2 Å². The Bertz CT molecular complexity index is 1220. The van der Waals surface area contributed by atoms with Crippen molar-refractivity contribution in [3.8, 4) is 11.5 Å². The summed E-state index contributed by atoms with van der Waals surface area (Å²) in [6, 6.07) is 5.51. The second-order valence-electron chi connectivity index (χ2n) is 8.41. The minimum Gasteiger partial charge on any atom is -0.493 e. The van der Waals surface area contributed by atoms with Crippen molar-refractivity contribution >= 4 is 39.2 Å². The number of aromatic nitrogens is 2. The van der Waals surface area contributed by atoms with E-state index in [0.29, 0.717) is 23.1 Å². The Hall–Kier alpha value is -2.52. The predicted molar refractivity (Wildman–Crippen MR) is 134 cm³/mol. The van der Waals surface area contributed by atoms with Crippen molar-refractivity contribution in [1.82, 2.24) is 15.3 Å². The summed E-state index contributed by atoms with van der Waals surface area (Å²) in [5.41, 5.74) is 2.05. The van der Waals surface area contributed by atoms with Gasteiger partial charge in [-0.05, 0) is 63.3 Å². The number of amides is 1. The number of methoxy groups -OCH3 is 1. The molecule has 0 saturated heterocycles. The topological polar surface area (TPSA) is 93.3 Å². The second kappa shape index (κ2) is 10.2. The van der Waals surface area contributed by atoms with Gasteiger partial charge >= 0.3 is 0 Å². The van der Waals surface area contributed by atoms with E-state index in [4.69, 9.17) is 9.47 Å². The van der Waals surface area contributed by atoms with E-state index < -0.39 is 0 Å². The summed E-state index contributed by atoms with van der Waals surface area (Å²) in [7, 11) is 1.60. The lowest BCUT2D eigenvalue weighted by atomic mass is 10.1. The van der Waals surface area contributed by atoms with Crippen LogP contribution >= 0.6 is 23.1 Å². The molecule has 1 aliphatic carbocycles. The third-order valence-electron chi connectivity index (χ3n) is 5.52. The molecule has 4 rings (SSSR count). The lowest BCUT2D eigenvalue weighted by Crippen LogP contribution is -2.28. The summed E-state index contributed by atoms with van der Waals surface area (Å²) in [4.78, 5) is 34.7. The first-order valence-electron chi connectivity index (χ1n) is 11.1. The zero-order valence-corrected chi connectivity index (χ0v) is 21.0. The Kier molecular flexibility index (Phi) is 7.29. The van der Waals surface area contributed by atoms with Crippen LogP contribution in [0.25, 0.3) is 10.2 Å². The number of carbonyl (C=O) groups excluding carboxylic acids is 1. The SMILES string of the molecule is COc1cc(C(C)NC(=O)CSCc2nc3sc4c(c3c(=O)[nH]2)CCC4)ccc1OC(C)C. The summed E-state index contributed by atoms with van der Waals surface area (Å²) < 4.78 is 11.2. The van der Waals surface area contributed by atoms with Crippen LogP contribution in [0.5, 0.6) is 11.5 Å². The Balaban J connectivity index is 1.33. The Labute approximate surface area is 201 Å². The molecule has 0 saturated carbocycles. The lowest BCUT2D eigenvalue weighted by Gasteiger charge is -2.18. The van der Waals surface area contributed by atoms with E-state index in [-0.39, 0.29) is 29.4 Å². The van der Waals surface area contributed by atoms with Gasteiger partial charge in [-0.15, -0.1) is 23.1 Å². The molecule has 3 aromatic rings. The highest BCUT2D eigenvalue weighted by atomic mass is 32.2. The Morgan fingerprint density at radius 3 is 2.85 bits per heavy atom. The molecule has 176 valence electrons. The van der Waals surface area contributed by atoms with E-state index >= 15 is 0 Å². The molecule has 1 unspecified atom stereocenters. The lowest BCUT2D eigenvalue weighted by molar-refractivity contribution is -0.119. The van der Waals surface area contributed by atoms with Gasteiger partial charge in [-0.2, -0.15) is 0 Å². The van der Waals surface area contributed by atoms with Crippen LogP contribution in [0.4, 0.5) is 0 Å². The van der Waals surface area contributed by atoms with Crippen molar-refractivity contribution in [2.75, 3.05) is 12.9 Å². The van der Waals surface area contributed by atoms with Gasteiger partial charge in [0.05, 0.1) is 36.1 Å². The fraction of sp³-hybridized carbons (Fsp3) is 0.458. The van der Waals surface area contributed by atoms with Gasteiger partial charge in [0.25, 0.3) is 5.56 Å². The summed E-state index contributed by atoms with van der Waals surface area (Å²) in [5.74, 6) is 2.61. The molecule has 2 N–H and O–H groups in total. The zero-order valence-electron chi connectivity index (χ0n) is 19.3. The molecule has 0 bridgehead atoms. The molecule has 0 spiro atoms. The first-order chi connectivity index (χ1) is 15.9. The van der Waals surface area contributed by atoms with Crippen LogP contribution in [0.3, 0.4) is 0 Å². The van der Waals surface area contributed by atoms with Crippen molar-refractivity contribution in [2.45, 2.75) is 57.9 Å². The van der Waals surface area contributed by atoms with Gasteiger partial charge in [-0.1, -0.05) is 6.07 Å². The number of aryl methyl sites for hydroxylation is 2. The fourth-order valence-corrected chi connectivity index (χ4v) is 6.01. The molecular weight excluding hydrogens is 458 g/mol. The number of aromatic amines is 1. The summed E-state index contributed by atoms with van der Waals surface area (Å²) >= 11 is 3.06. The quantitative estimate of drug-likeness (QED) is 0.465. The van der Waals surface area contributed by atoms with Gasteiger partial charge in [0.2, 0.25) is 5.91 Å². The number of nitrogens with zero attached hydrogens (tertiary/aromatic N) is 1. The molecule has 1 aromatic carbocycles. The highest BCUT2D eigenvalue weighted by molar-refractivity contribution is 7.99. The van der Waals surface area contributed by atoms with Gasteiger partial charge < -0.3 is 19.8 Å². The molecule has 2 heterocycles. The van der Waals surface area contributed by atoms with Crippen LogP contribution < -0.4 is 20.3 Å². The standard InChI is InChI=1S/C24H29N3O4S2/c1-13(2)31-17-9-8-15(10-18(17)30-4)14(3)25-21(28)12-32-11-20-26-23(29)22-16-6-5-7-19(16)33-24(22)27-20/h8-10,13-14H,5-7,11-12H2,1-4H3,(H,25,28)(H,26,27,29). The molecule has 0 fully saturated rings. The largest absolute Gasteiger partial charge is 0.493 e. The van der Waals surface area contributed by atoms with Gasteiger partial charge in [-0.25, -0.2) is 4.98 Å². The average molecular weight is 488 g/mol. The minimum absolute atomic E-state index is 0.0461. The highest BCUT2D eigenvalue weighted by Crippen LogP contribution is 2.34. The van der Waals surface area contributed by atoms with Crippen molar-refractivity contribution in [1.29, 1.82) is 0 Å². The molecule has 1 aliphatic rings. The van der Waals surface area contributed by atoms with Crippen LogP contribution in [-0.4, -0.2) is 34.8 Å². The maximum Gasteiger partial charge on any atom is 0.259 e. The van der Waals surface area contributed by atoms with Gasteiger partial charge in [0.15, 0.2) is 11.5 Å². The molecule has 2 aromatic heterocycles. The monoisotopic (exact) mass is 487 g/mol. The summed E-state index contributed by atoms with van der Waals surface area (Å²) in [6.07, 6.45) is 3.16. The minimum atomic E-state index is -0.178. The number of rotatable bonds is 9. The molecule has 33 heavy (non-hydrogen) atoms. The predicted octanol–water partition coefficient (Wildman–Crippen LogP) is 4.38. The molecule has 1 amide bonds. The van der Waals surface area contributed by atoms with Crippen molar-refractivity contribution in [3.63, 3.8) is 0 Å². The summed E-state index contributed by atoms with van der Waals surface area (Å²) in [6.45, 7) is 5.86. The van der Waals surface area contributed by atoms with Gasteiger partial charge in [0, 0.05) is 4.88 Å². The Morgan fingerprint density at radius 1 is 1.27 bits per heavy atom. The molecule has 7 nitrogen and oxygen atoms in total. The third-order valence-corrected chi connectivity index (χ3v) is 7.65. The van der Waals surface area contributed by atoms with E-state index in [9.17, 15) is 9.59 Å². The molecular formula is C24H29N3O4S2. The maximum atomic E-state index is 12.6. The number of thioether (sulfide) groups is 1. The van der Waals surface area contributed by atoms with Gasteiger partial charge in [-0.3, -0.25) is 9.59 Å². The molecule has 9 heteroatoms. The smallest absolute Gasteiger partial charge is 0.259 e. The van der Waals surface area contributed by atoms with E-state index in [1.54, 1.807) is 18.4 Å². The van der Waals surface area contributed by atoms with Crippen molar-refractivity contribution in [3.05, 3.63) is 50.4 Å². The normalized spacial score (nSPS) is 13.8. The van der Waals surface area contributed by atoms with Crippen molar-refractivity contribution in [2.24, 2.45) is 0 Å². The third kappa shape index (κ3) is 5.35. The zero-order chi connectivity index (χ0) is 23.5. The molecule has 0 radical (unpaired) electrons. The number of thiophene rings is 1.